The second kappa shape index (κ2) is 2.94. The lowest BCUT2D eigenvalue weighted by Crippen LogP contribution is -2.09. The zero-order chi connectivity index (χ0) is 12.2. The number of fused-ring (bicyclic) bond motifs is 3. The average Bonchev–Trinajstić information content (AvgIpc) is 2.82. The first-order chi connectivity index (χ1) is 8.08. The van der Waals surface area contributed by atoms with Gasteiger partial charge in [0.15, 0.2) is 11.3 Å². The van der Waals surface area contributed by atoms with E-state index in [-0.39, 0.29) is 11.3 Å². The van der Waals surface area contributed by atoms with E-state index in [4.69, 9.17) is 5.11 Å². The van der Waals surface area contributed by atoms with Crippen LogP contribution in [-0.2, 0) is 0 Å². The van der Waals surface area contributed by atoms with Crippen molar-refractivity contribution in [1.29, 1.82) is 0 Å². The lowest BCUT2D eigenvalue weighted by atomic mass is 10.3. The van der Waals surface area contributed by atoms with Crippen molar-refractivity contribution in [3.63, 3.8) is 0 Å². The van der Waals surface area contributed by atoms with Crippen LogP contribution < -0.4 is 5.56 Å². The predicted molar refractivity (Wildman–Crippen MR) is 57.2 cm³/mol. The van der Waals surface area contributed by atoms with Crippen molar-refractivity contribution >= 4 is 22.6 Å². The molecule has 0 aliphatic rings. The molecule has 0 amide bonds. The molecular weight excluding hydrogens is 226 g/mol. The van der Waals surface area contributed by atoms with Crippen molar-refractivity contribution in [3.05, 3.63) is 27.8 Å². The molecule has 3 aromatic heterocycles. The van der Waals surface area contributed by atoms with Crippen molar-refractivity contribution in [1.82, 2.24) is 24.8 Å². The molecule has 3 rings (SSSR count). The Hall–Kier alpha value is -2.64. The fourth-order valence-corrected chi connectivity index (χ4v) is 1.76. The van der Waals surface area contributed by atoms with E-state index in [1.165, 1.54) is 10.6 Å². The summed E-state index contributed by atoms with van der Waals surface area (Å²) in [5.74, 6) is -1.16. The van der Waals surface area contributed by atoms with Crippen LogP contribution in [0, 0.1) is 6.92 Å². The van der Waals surface area contributed by atoms with Gasteiger partial charge < -0.3 is 10.1 Å². The standard InChI is InChI=1S/C9H7N5O3/c1-3-6-7(12-11-3)14-5(10-8(6)15)2-4(13-14)9(16)17/h2H,1H3,(H,10,15)(H,11,12)(H,16,17). The molecule has 3 N–H and O–H groups in total. The van der Waals surface area contributed by atoms with E-state index in [0.717, 1.165) is 0 Å². The average molecular weight is 233 g/mol. The summed E-state index contributed by atoms with van der Waals surface area (Å²) < 4.78 is 1.30. The molecule has 8 nitrogen and oxygen atoms in total. The Kier molecular flexibility index (Phi) is 1.65. The third-order valence-electron chi connectivity index (χ3n) is 2.53. The van der Waals surface area contributed by atoms with E-state index in [2.05, 4.69) is 20.3 Å². The van der Waals surface area contributed by atoms with Crippen LogP contribution in [0.5, 0.6) is 0 Å². The lowest BCUT2D eigenvalue weighted by molar-refractivity contribution is 0.0690. The topological polar surface area (TPSA) is 116 Å². The number of aryl methyl sites for hydroxylation is 1. The van der Waals surface area contributed by atoms with E-state index >= 15 is 0 Å². The summed E-state index contributed by atoms with van der Waals surface area (Å²) in [7, 11) is 0. The van der Waals surface area contributed by atoms with E-state index in [9.17, 15) is 9.59 Å². The predicted octanol–water partition coefficient (Wildman–Crippen LogP) is -0.0945. The van der Waals surface area contributed by atoms with Gasteiger partial charge in [0.25, 0.3) is 5.56 Å². The Morgan fingerprint density at radius 3 is 3.00 bits per heavy atom. The molecule has 3 heterocycles. The zero-order valence-corrected chi connectivity index (χ0v) is 8.68. The molecule has 0 spiro atoms. The van der Waals surface area contributed by atoms with Crippen LogP contribution >= 0.6 is 0 Å². The number of carboxylic acids is 1. The normalized spacial score (nSPS) is 11.4. The number of rotatable bonds is 1. The van der Waals surface area contributed by atoms with Gasteiger partial charge in [-0.1, -0.05) is 0 Å². The van der Waals surface area contributed by atoms with Gasteiger partial charge in [-0.25, -0.2) is 4.79 Å². The second-order valence-corrected chi connectivity index (χ2v) is 3.63. The number of hydrogen-bond donors (Lipinski definition) is 3. The number of H-pyrrole nitrogens is 2. The maximum absolute atomic E-state index is 11.7. The molecule has 0 aromatic carbocycles. The van der Waals surface area contributed by atoms with Crippen LogP contribution in [0.1, 0.15) is 16.2 Å². The van der Waals surface area contributed by atoms with E-state index < -0.39 is 5.97 Å². The highest BCUT2D eigenvalue weighted by molar-refractivity contribution is 5.88. The van der Waals surface area contributed by atoms with Gasteiger partial charge in [-0.15, -0.1) is 0 Å². The molecule has 0 bridgehead atoms. The van der Waals surface area contributed by atoms with Crippen LogP contribution in [0.15, 0.2) is 10.9 Å². The minimum atomic E-state index is -1.16. The van der Waals surface area contributed by atoms with E-state index in [1.54, 1.807) is 6.92 Å². The largest absolute Gasteiger partial charge is 0.476 e. The number of aromatic carboxylic acids is 1. The first kappa shape index (κ1) is 9.58. The number of aromatic amines is 2. The second-order valence-electron chi connectivity index (χ2n) is 3.63. The maximum atomic E-state index is 11.7. The van der Waals surface area contributed by atoms with Crippen LogP contribution in [-0.4, -0.2) is 35.9 Å². The van der Waals surface area contributed by atoms with Crippen LogP contribution in [0.3, 0.4) is 0 Å². The summed E-state index contributed by atoms with van der Waals surface area (Å²) in [5, 5.41) is 19.7. The SMILES string of the molecule is Cc1[nH]nc2c1c(=O)[nH]c1cc(C(=O)O)nn12. The van der Waals surface area contributed by atoms with Gasteiger partial charge in [-0.3, -0.25) is 9.89 Å². The molecular formula is C9H7N5O3. The molecule has 0 saturated heterocycles. The molecule has 86 valence electrons. The Morgan fingerprint density at radius 1 is 1.53 bits per heavy atom. The molecule has 0 saturated carbocycles. The molecule has 0 radical (unpaired) electrons. The number of nitrogens with one attached hydrogen (secondary N) is 2. The van der Waals surface area contributed by atoms with E-state index in [1.807, 2.05) is 0 Å². The quantitative estimate of drug-likeness (QED) is 0.543. The van der Waals surface area contributed by atoms with Crippen LogP contribution in [0.2, 0.25) is 0 Å². The fraction of sp³-hybridized carbons (Fsp3) is 0.111. The number of nitrogens with zero attached hydrogens (tertiary/aromatic N) is 3. The van der Waals surface area contributed by atoms with Crippen molar-refractivity contribution < 1.29 is 9.90 Å². The fourth-order valence-electron chi connectivity index (χ4n) is 1.76. The Balaban J connectivity index is 2.55. The number of aromatic nitrogens is 5. The van der Waals surface area contributed by atoms with Gasteiger partial charge in [0.05, 0.1) is 0 Å². The summed E-state index contributed by atoms with van der Waals surface area (Å²) in [5.41, 5.74) is 0.750. The van der Waals surface area contributed by atoms with Crippen LogP contribution in [0.25, 0.3) is 16.7 Å². The maximum Gasteiger partial charge on any atom is 0.356 e. The molecule has 0 atom stereocenters. The highest BCUT2D eigenvalue weighted by atomic mass is 16.4. The Morgan fingerprint density at radius 2 is 2.29 bits per heavy atom. The monoisotopic (exact) mass is 233 g/mol. The van der Waals surface area contributed by atoms with Crippen molar-refractivity contribution in [2.75, 3.05) is 0 Å². The Labute approximate surface area is 92.9 Å². The summed E-state index contributed by atoms with van der Waals surface area (Å²) in [6, 6.07) is 1.28. The van der Waals surface area contributed by atoms with Gasteiger partial charge in [0.1, 0.15) is 11.0 Å². The summed E-state index contributed by atoms with van der Waals surface area (Å²) in [6.45, 7) is 1.71. The molecule has 8 heteroatoms. The number of carbonyl (C=O) groups is 1. The highest BCUT2D eigenvalue weighted by Crippen LogP contribution is 2.12. The van der Waals surface area contributed by atoms with Gasteiger partial charge in [-0.2, -0.15) is 14.7 Å². The van der Waals surface area contributed by atoms with Crippen molar-refractivity contribution in [3.8, 4) is 0 Å². The smallest absolute Gasteiger partial charge is 0.356 e. The van der Waals surface area contributed by atoms with E-state index in [0.29, 0.717) is 22.4 Å². The minimum Gasteiger partial charge on any atom is -0.476 e. The highest BCUT2D eigenvalue weighted by Gasteiger charge is 2.15. The van der Waals surface area contributed by atoms with Gasteiger partial charge in [0.2, 0.25) is 0 Å². The Bertz CT molecular complexity index is 809. The molecule has 3 aromatic rings. The third-order valence-corrected chi connectivity index (χ3v) is 2.53. The molecule has 0 aliphatic carbocycles. The van der Waals surface area contributed by atoms with Gasteiger partial charge in [0, 0.05) is 11.8 Å². The molecule has 0 fully saturated rings. The zero-order valence-electron chi connectivity index (χ0n) is 8.68. The van der Waals surface area contributed by atoms with Crippen molar-refractivity contribution in [2.45, 2.75) is 6.92 Å². The first-order valence-corrected chi connectivity index (χ1v) is 4.78. The van der Waals surface area contributed by atoms with Crippen molar-refractivity contribution in [2.24, 2.45) is 0 Å². The molecule has 0 aliphatic heterocycles. The van der Waals surface area contributed by atoms with Crippen LogP contribution in [0.4, 0.5) is 0 Å². The molecule has 0 unspecified atom stereocenters. The van der Waals surface area contributed by atoms with Gasteiger partial charge in [-0.05, 0) is 6.92 Å². The number of hydrogen-bond acceptors (Lipinski definition) is 4. The first-order valence-electron chi connectivity index (χ1n) is 4.78. The third kappa shape index (κ3) is 1.17. The number of carboxylic acid groups (broad SMARTS) is 1. The summed E-state index contributed by atoms with van der Waals surface area (Å²) in [4.78, 5) is 25.1. The van der Waals surface area contributed by atoms with Gasteiger partial charge >= 0.3 is 5.97 Å². The minimum absolute atomic E-state index is 0.145. The molecule has 17 heavy (non-hydrogen) atoms. The lowest BCUT2D eigenvalue weighted by Gasteiger charge is -1.93. The summed E-state index contributed by atoms with van der Waals surface area (Å²) >= 11 is 0. The summed E-state index contributed by atoms with van der Waals surface area (Å²) in [6.07, 6.45) is 0.